The van der Waals surface area contributed by atoms with Crippen molar-refractivity contribution in [2.45, 2.75) is 25.7 Å². The van der Waals surface area contributed by atoms with Gasteiger partial charge in [0.15, 0.2) is 11.4 Å². The van der Waals surface area contributed by atoms with E-state index in [4.69, 9.17) is 10.7 Å². The topological polar surface area (TPSA) is 160 Å². The summed E-state index contributed by atoms with van der Waals surface area (Å²) in [6.45, 7) is 5.54. The number of hydrogen-bond acceptors (Lipinski definition) is 7. The van der Waals surface area contributed by atoms with Gasteiger partial charge in [0, 0.05) is 40.5 Å². The van der Waals surface area contributed by atoms with Gasteiger partial charge in [-0.2, -0.15) is 0 Å². The van der Waals surface area contributed by atoms with Gasteiger partial charge in [-0.05, 0) is 30.3 Å². The summed E-state index contributed by atoms with van der Waals surface area (Å²) in [6, 6.07) is 8.13. The van der Waals surface area contributed by atoms with Crippen molar-refractivity contribution in [2.75, 3.05) is 10.5 Å². The van der Waals surface area contributed by atoms with Crippen LogP contribution >= 0.6 is 0 Å². The number of aromatic nitrogens is 5. The maximum absolute atomic E-state index is 13.0. The van der Waals surface area contributed by atoms with Crippen molar-refractivity contribution in [3.8, 4) is 11.3 Å². The Bertz CT molecular complexity index is 1700. The molecule has 0 aliphatic rings. The highest BCUT2D eigenvalue weighted by molar-refractivity contribution is 7.92. The molecular formula is C24H23N7O3S. The van der Waals surface area contributed by atoms with E-state index in [-0.39, 0.29) is 16.5 Å². The number of nitrogens with two attached hydrogens (primary N) is 1. The average Bonchev–Trinajstić information content (AvgIpc) is 3.44. The molecule has 178 valence electrons. The van der Waals surface area contributed by atoms with Crippen LogP contribution in [0.4, 0.5) is 11.5 Å². The van der Waals surface area contributed by atoms with Crippen LogP contribution in [0.25, 0.3) is 33.3 Å². The molecule has 4 heterocycles. The third kappa shape index (κ3) is 4.10. The Balaban J connectivity index is 1.61. The molecule has 5 N–H and O–H groups in total. The van der Waals surface area contributed by atoms with Gasteiger partial charge in [0.25, 0.3) is 10.0 Å². The van der Waals surface area contributed by atoms with Crippen molar-refractivity contribution in [2.24, 2.45) is 5.41 Å². The van der Waals surface area contributed by atoms with E-state index in [0.29, 0.717) is 44.6 Å². The summed E-state index contributed by atoms with van der Waals surface area (Å²) in [4.78, 5) is 32.0. The number of nitrogens with zero attached hydrogens (tertiary/aromatic N) is 3. The molecule has 0 aliphatic heterocycles. The monoisotopic (exact) mass is 489 g/mol. The lowest BCUT2D eigenvalue weighted by atomic mass is 9.87. The van der Waals surface area contributed by atoms with Crippen LogP contribution in [0, 0.1) is 5.41 Å². The van der Waals surface area contributed by atoms with Crippen molar-refractivity contribution in [1.82, 2.24) is 24.9 Å². The number of anilines is 2. The first-order valence-electron chi connectivity index (χ1n) is 10.8. The first-order chi connectivity index (χ1) is 16.5. The molecule has 5 aromatic rings. The number of Topliss-reactive ketones (excluding diaryl/α,β-unsaturated/α-hetero) is 1. The number of sulfonamides is 1. The normalized spacial score (nSPS) is 12.3. The molecule has 0 spiro atoms. The molecule has 10 nitrogen and oxygen atoms in total. The molecule has 0 amide bonds. The van der Waals surface area contributed by atoms with Gasteiger partial charge in [0.2, 0.25) is 0 Å². The Hall–Kier alpha value is -4.25. The fourth-order valence-electron chi connectivity index (χ4n) is 3.76. The van der Waals surface area contributed by atoms with Gasteiger partial charge >= 0.3 is 0 Å². The van der Waals surface area contributed by atoms with Crippen molar-refractivity contribution in [3.05, 3.63) is 60.7 Å². The fourth-order valence-corrected chi connectivity index (χ4v) is 4.78. The third-order valence-corrected chi connectivity index (χ3v) is 6.94. The third-order valence-electron chi connectivity index (χ3n) is 5.59. The number of aromatic amines is 2. The van der Waals surface area contributed by atoms with E-state index in [1.54, 1.807) is 30.7 Å². The molecule has 1 aromatic carbocycles. The quantitative estimate of drug-likeness (QED) is 0.270. The van der Waals surface area contributed by atoms with Crippen molar-refractivity contribution < 1.29 is 13.2 Å². The van der Waals surface area contributed by atoms with E-state index in [1.807, 2.05) is 26.8 Å². The number of carbonyl (C=O) groups is 1. The SMILES string of the molecule is CC(C)(C)C(=O)c1c[nH]c2ncc(-c3cc(NS(=O)(=O)c4ccc(N)nc4)c4cc[nH]c4c3)nc12. The fraction of sp³-hybridized carbons (Fsp3) is 0.167. The Morgan fingerprint density at radius 3 is 2.57 bits per heavy atom. The highest BCUT2D eigenvalue weighted by atomic mass is 32.2. The number of nitrogens with one attached hydrogen (secondary N) is 3. The van der Waals surface area contributed by atoms with E-state index in [1.165, 1.54) is 18.3 Å². The van der Waals surface area contributed by atoms with E-state index < -0.39 is 15.4 Å². The van der Waals surface area contributed by atoms with Crippen molar-refractivity contribution in [3.63, 3.8) is 0 Å². The Morgan fingerprint density at radius 2 is 1.86 bits per heavy atom. The Labute approximate surface area is 201 Å². The molecule has 0 bridgehead atoms. The molecule has 0 unspecified atom stereocenters. The zero-order valence-electron chi connectivity index (χ0n) is 19.2. The van der Waals surface area contributed by atoms with Crippen LogP contribution in [0.2, 0.25) is 0 Å². The number of hydrogen-bond donors (Lipinski definition) is 4. The summed E-state index contributed by atoms with van der Waals surface area (Å²) in [5.74, 6) is 0.169. The summed E-state index contributed by atoms with van der Waals surface area (Å²) in [5, 5.41) is 0.681. The maximum atomic E-state index is 13.0. The number of fused-ring (bicyclic) bond motifs is 2. The second-order valence-electron chi connectivity index (χ2n) is 9.22. The van der Waals surface area contributed by atoms with Crippen LogP contribution < -0.4 is 10.5 Å². The second-order valence-corrected chi connectivity index (χ2v) is 10.9. The zero-order valence-corrected chi connectivity index (χ0v) is 20.1. The number of rotatable bonds is 5. The first-order valence-corrected chi connectivity index (χ1v) is 12.3. The maximum Gasteiger partial charge on any atom is 0.263 e. The predicted molar refractivity (Wildman–Crippen MR) is 134 cm³/mol. The molecule has 0 fully saturated rings. The van der Waals surface area contributed by atoms with E-state index in [0.717, 1.165) is 0 Å². The lowest BCUT2D eigenvalue weighted by molar-refractivity contribution is 0.0860. The molecule has 11 heteroatoms. The molecule has 0 saturated heterocycles. The minimum atomic E-state index is -3.93. The van der Waals surface area contributed by atoms with E-state index in [2.05, 4.69) is 24.7 Å². The van der Waals surface area contributed by atoms with Gasteiger partial charge in [-0.1, -0.05) is 20.8 Å². The van der Waals surface area contributed by atoms with Crippen LogP contribution in [0.1, 0.15) is 31.1 Å². The van der Waals surface area contributed by atoms with Crippen LogP contribution in [0.3, 0.4) is 0 Å². The molecular weight excluding hydrogens is 466 g/mol. The minimum absolute atomic E-state index is 0.0142. The summed E-state index contributed by atoms with van der Waals surface area (Å²) in [5.41, 5.74) is 8.60. The number of H-pyrrole nitrogens is 2. The summed E-state index contributed by atoms with van der Waals surface area (Å²) in [7, 11) is -3.93. The number of pyridine rings is 1. The first kappa shape index (κ1) is 22.5. The largest absolute Gasteiger partial charge is 0.384 e. The predicted octanol–water partition coefficient (Wildman–Crippen LogP) is 4.11. The standard InChI is InChI=1S/C24H23N7O3S/c1-24(2,3)22(32)16-11-28-23-21(16)30-19(12-29-23)13-8-17-15(6-7-26-17)18(9-13)31-35(33,34)14-4-5-20(25)27-10-14/h4-12,26,31H,1-3H3,(H2,25,27)(H,28,29). The average molecular weight is 490 g/mol. The van der Waals surface area contributed by atoms with Gasteiger partial charge in [-0.25, -0.2) is 23.4 Å². The molecule has 0 saturated carbocycles. The number of carbonyl (C=O) groups excluding carboxylic acids is 1. The van der Waals surface area contributed by atoms with Crippen LogP contribution in [-0.2, 0) is 10.0 Å². The minimum Gasteiger partial charge on any atom is -0.384 e. The molecule has 4 aromatic heterocycles. The summed E-state index contributed by atoms with van der Waals surface area (Å²) < 4.78 is 28.7. The van der Waals surface area contributed by atoms with Crippen LogP contribution in [-0.4, -0.2) is 39.1 Å². The second kappa shape index (κ2) is 7.91. The van der Waals surface area contributed by atoms with Crippen LogP contribution in [0.15, 0.2) is 60.0 Å². The summed E-state index contributed by atoms with van der Waals surface area (Å²) in [6.07, 6.45) is 6.12. The van der Waals surface area contributed by atoms with Crippen molar-refractivity contribution >= 4 is 49.4 Å². The van der Waals surface area contributed by atoms with Crippen LogP contribution in [0.5, 0.6) is 0 Å². The Kier molecular flexibility index (Phi) is 5.09. The lowest BCUT2D eigenvalue weighted by Crippen LogP contribution is -2.20. The summed E-state index contributed by atoms with van der Waals surface area (Å²) >= 11 is 0. The number of nitrogen functional groups attached to an aromatic ring is 1. The van der Waals surface area contributed by atoms with Gasteiger partial charge in [0.05, 0.1) is 23.1 Å². The Morgan fingerprint density at radius 1 is 1.06 bits per heavy atom. The molecule has 0 radical (unpaired) electrons. The highest BCUT2D eigenvalue weighted by Gasteiger charge is 2.26. The van der Waals surface area contributed by atoms with Gasteiger partial charge in [-0.3, -0.25) is 9.52 Å². The zero-order chi connectivity index (χ0) is 25.0. The number of ketones is 1. The van der Waals surface area contributed by atoms with Gasteiger partial charge in [0.1, 0.15) is 16.2 Å². The highest BCUT2D eigenvalue weighted by Crippen LogP contribution is 2.32. The van der Waals surface area contributed by atoms with Crippen molar-refractivity contribution in [1.29, 1.82) is 0 Å². The number of benzene rings is 1. The smallest absolute Gasteiger partial charge is 0.263 e. The van der Waals surface area contributed by atoms with Gasteiger partial charge < -0.3 is 15.7 Å². The molecule has 0 aliphatic carbocycles. The van der Waals surface area contributed by atoms with Gasteiger partial charge in [-0.15, -0.1) is 0 Å². The van der Waals surface area contributed by atoms with E-state index in [9.17, 15) is 13.2 Å². The molecule has 35 heavy (non-hydrogen) atoms. The molecule has 5 rings (SSSR count). The van der Waals surface area contributed by atoms with E-state index >= 15 is 0 Å². The molecule has 0 atom stereocenters. The lowest BCUT2D eigenvalue weighted by Gasteiger charge is -2.15.